The number of aromatic nitrogens is 3. The smallest absolute Gasteiger partial charge is 0.234 e. The Labute approximate surface area is 145 Å². The van der Waals surface area contributed by atoms with Crippen LogP contribution >= 0.6 is 0 Å². The summed E-state index contributed by atoms with van der Waals surface area (Å²) in [6.07, 6.45) is 4.77. The number of nitrogens with zero attached hydrogens (tertiary/aromatic N) is 4. The number of nitrogens with one attached hydrogen (secondary N) is 1. The predicted octanol–water partition coefficient (Wildman–Crippen LogP) is 0.560. The van der Waals surface area contributed by atoms with Gasteiger partial charge in [0.1, 0.15) is 5.82 Å². The number of hydrogen-bond donors (Lipinski definition) is 2. The molecule has 1 fully saturated rings. The van der Waals surface area contributed by atoms with Crippen molar-refractivity contribution >= 4 is 5.91 Å². The molecule has 1 atom stereocenters. The number of carbonyl (C=O) groups excluding carboxylic acids is 1. The first-order valence-electron chi connectivity index (χ1n) is 8.32. The number of aliphatic hydroxyl groups is 1. The number of amides is 1. The molecule has 0 radical (unpaired) electrons. The number of likely N-dealkylation sites (tertiary alicyclic amines) is 1. The van der Waals surface area contributed by atoms with Gasteiger partial charge in [-0.1, -0.05) is 17.3 Å². The Kier molecular flexibility index (Phi) is 5.40. The molecule has 3 rings (SSSR count). The lowest BCUT2D eigenvalue weighted by molar-refractivity contribution is -0.124. The number of carbonyl (C=O) groups is 1. The molecule has 0 spiro atoms. The molecule has 1 aliphatic rings. The highest BCUT2D eigenvalue weighted by atomic mass is 19.1. The molecule has 8 heteroatoms. The number of benzene rings is 1. The Bertz CT molecular complexity index is 692. The lowest BCUT2D eigenvalue weighted by Gasteiger charge is -2.38. The Morgan fingerprint density at radius 2 is 2.16 bits per heavy atom. The van der Waals surface area contributed by atoms with Crippen molar-refractivity contribution in [3.05, 3.63) is 48.0 Å². The van der Waals surface area contributed by atoms with Gasteiger partial charge in [0.15, 0.2) is 0 Å². The Morgan fingerprint density at radius 3 is 2.88 bits per heavy atom. The number of rotatable bonds is 6. The average molecular weight is 347 g/mol. The molecular formula is C17H22FN5O2. The minimum atomic E-state index is -0.914. The van der Waals surface area contributed by atoms with E-state index in [0.29, 0.717) is 26.1 Å². The largest absolute Gasteiger partial charge is 0.387 e. The standard InChI is InChI=1S/C17H22FN5O2/c18-15-4-2-14(3-5-15)10-19-16(24)11-22-8-1-6-17(25,12-22)13-23-9-7-20-21-23/h2-5,7,9,25H,1,6,8,10-13H2,(H,19,24). The van der Waals surface area contributed by atoms with Crippen molar-refractivity contribution in [3.63, 3.8) is 0 Å². The van der Waals surface area contributed by atoms with Gasteiger partial charge in [0.2, 0.25) is 5.91 Å². The first-order valence-corrected chi connectivity index (χ1v) is 8.32. The van der Waals surface area contributed by atoms with E-state index in [1.165, 1.54) is 12.1 Å². The summed E-state index contributed by atoms with van der Waals surface area (Å²) in [5.41, 5.74) is -0.0699. The van der Waals surface area contributed by atoms with Gasteiger partial charge in [-0.05, 0) is 37.1 Å². The maximum atomic E-state index is 12.9. The van der Waals surface area contributed by atoms with E-state index < -0.39 is 5.60 Å². The number of halogens is 1. The van der Waals surface area contributed by atoms with Crippen LogP contribution in [-0.2, 0) is 17.9 Å². The molecule has 1 aromatic heterocycles. The van der Waals surface area contributed by atoms with Gasteiger partial charge in [-0.25, -0.2) is 9.07 Å². The van der Waals surface area contributed by atoms with E-state index in [9.17, 15) is 14.3 Å². The molecule has 1 unspecified atom stereocenters. The Hall–Kier alpha value is -2.32. The third-order valence-electron chi connectivity index (χ3n) is 4.33. The number of piperidine rings is 1. The van der Waals surface area contributed by atoms with E-state index in [-0.39, 0.29) is 18.3 Å². The van der Waals surface area contributed by atoms with Gasteiger partial charge in [0.05, 0.1) is 24.9 Å². The molecule has 0 aliphatic carbocycles. The van der Waals surface area contributed by atoms with Crippen LogP contribution in [0.3, 0.4) is 0 Å². The molecule has 2 aromatic rings. The summed E-state index contributed by atoms with van der Waals surface area (Å²) in [5.74, 6) is -0.413. The van der Waals surface area contributed by atoms with Crippen LogP contribution in [0.4, 0.5) is 4.39 Å². The highest BCUT2D eigenvalue weighted by Gasteiger charge is 2.34. The molecular weight excluding hydrogens is 325 g/mol. The molecule has 0 saturated carbocycles. The highest BCUT2D eigenvalue weighted by molar-refractivity contribution is 5.78. The normalized spacial score (nSPS) is 21.2. The van der Waals surface area contributed by atoms with E-state index >= 15 is 0 Å². The molecule has 25 heavy (non-hydrogen) atoms. The molecule has 134 valence electrons. The molecule has 7 nitrogen and oxygen atoms in total. The van der Waals surface area contributed by atoms with E-state index in [4.69, 9.17) is 0 Å². The van der Waals surface area contributed by atoms with Gasteiger partial charge in [0, 0.05) is 19.3 Å². The molecule has 1 saturated heterocycles. The van der Waals surface area contributed by atoms with Crippen molar-refractivity contribution in [1.82, 2.24) is 25.2 Å². The topological polar surface area (TPSA) is 83.3 Å². The van der Waals surface area contributed by atoms with Crippen LogP contribution in [0.2, 0.25) is 0 Å². The zero-order valence-corrected chi connectivity index (χ0v) is 13.9. The monoisotopic (exact) mass is 347 g/mol. The third kappa shape index (κ3) is 5.07. The van der Waals surface area contributed by atoms with E-state index in [1.54, 1.807) is 29.2 Å². The van der Waals surface area contributed by atoms with Crippen LogP contribution in [-0.4, -0.2) is 56.1 Å². The Morgan fingerprint density at radius 1 is 1.36 bits per heavy atom. The highest BCUT2D eigenvalue weighted by Crippen LogP contribution is 2.22. The summed E-state index contributed by atoms with van der Waals surface area (Å²) in [4.78, 5) is 14.1. The van der Waals surface area contributed by atoms with Gasteiger partial charge in [-0.15, -0.1) is 5.10 Å². The molecule has 1 aromatic carbocycles. The van der Waals surface area contributed by atoms with Crippen LogP contribution in [0.25, 0.3) is 0 Å². The predicted molar refractivity (Wildman–Crippen MR) is 88.9 cm³/mol. The molecule has 1 amide bonds. The van der Waals surface area contributed by atoms with Crippen molar-refractivity contribution in [3.8, 4) is 0 Å². The minimum Gasteiger partial charge on any atom is -0.387 e. The maximum absolute atomic E-state index is 12.9. The second kappa shape index (κ2) is 7.71. The van der Waals surface area contributed by atoms with Crippen LogP contribution in [0, 0.1) is 5.82 Å². The van der Waals surface area contributed by atoms with Crippen molar-refractivity contribution in [2.24, 2.45) is 0 Å². The summed E-state index contributed by atoms with van der Waals surface area (Å²) < 4.78 is 14.5. The van der Waals surface area contributed by atoms with E-state index in [2.05, 4.69) is 15.6 Å². The second-order valence-electron chi connectivity index (χ2n) is 6.54. The Balaban J connectivity index is 1.48. The fourth-order valence-corrected chi connectivity index (χ4v) is 3.15. The summed E-state index contributed by atoms with van der Waals surface area (Å²) >= 11 is 0. The van der Waals surface area contributed by atoms with Gasteiger partial charge < -0.3 is 10.4 Å². The third-order valence-corrected chi connectivity index (χ3v) is 4.33. The first kappa shape index (κ1) is 17.5. The zero-order valence-electron chi connectivity index (χ0n) is 13.9. The zero-order chi connectivity index (χ0) is 17.7. The molecule has 0 bridgehead atoms. The summed E-state index contributed by atoms with van der Waals surface area (Å²) in [7, 11) is 0. The number of hydrogen-bond acceptors (Lipinski definition) is 5. The van der Waals surface area contributed by atoms with Gasteiger partial charge in [-0.2, -0.15) is 0 Å². The van der Waals surface area contributed by atoms with Crippen molar-refractivity contribution in [2.45, 2.75) is 31.5 Å². The molecule has 2 heterocycles. The van der Waals surface area contributed by atoms with Crippen LogP contribution in [0.15, 0.2) is 36.7 Å². The fourth-order valence-electron chi connectivity index (χ4n) is 3.15. The van der Waals surface area contributed by atoms with Crippen LogP contribution < -0.4 is 5.32 Å². The van der Waals surface area contributed by atoms with E-state index in [0.717, 1.165) is 18.5 Å². The lowest BCUT2D eigenvalue weighted by atomic mass is 9.93. The summed E-state index contributed by atoms with van der Waals surface area (Å²) in [6, 6.07) is 6.04. The minimum absolute atomic E-state index is 0.116. The average Bonchev–Trinajstić information content (AvgIpc) is 3.06. The fraction of sp³-hybridized carbons (Fsp3) is 0.471. The van der Waals surface area contributed by atoms with Gasteiger partial charge in [-0.3, -0.25) is 9.69 Å². The molecule has 1 aliphatic heterocycles. The van der Waals surface area contributed by atoms with Crippen molar-refractivity contribution in [2.75, 3.05) is 19.6 Å². The number of β-amino-alcohol motifs (C(OH)–C–C–N with tert-alkyl or cyclic N) is 1. The van der Waals surface area contributed by atoms with Crippen molar-refractivity contribution in [1.29, 1.82) is 0 Å². The quantitative estimate of drug-likeness (QED) is 0.798. The lowest BCUT2D eigenvalue weighted by Crippen LogP contribution is -2.52. The first-order chi connectivity index (χ1) is 12.0. The second-order valence-corrected chi connectivity index (χ2v) is 6.54. The summed E-state index contributed by atoms with van der Waals surface area (Å²) in [6.45, 7) is 2.12. The van der Waals surface area contributed by atoms with Gasteiger partial charge >= 0.3 is 0 Å². The van der Waals surface area contributed by atoms with E-state index in [1.807, 2.05) is 4.90 Å². The van der Waals surface area contributed by atoms with Crippen molar-refractivity contribution < 1.29 is 14.3 Å². The van der Waals surface area contributed by atoms with Crippen LogP contribution in [0.1, 0.15) is 18.4 Å². The van der Waals surface area contributed by atoms with Crippen LogP contribution in [0.5, 0.6) is 0 Å². The SMILES string of the molecule is O=C(CN1CCCC(O)(Cn2ccnn2)C1)NCc1ccc(F)cc1. The maximum Gasteiger partial charge on any atom is 0.234 e. The summed E-state index contributed by atoms with van der Waals surface area (Å²) in [5, 5.41) is 21.2. The van der Waals surface area contributed by atoms with Gasteiger partial charge in [0.25, 0.3) is 0 Å². The molecule has 2 N–H and O–H groups in total.